The predicted octanol–water partition coefficient (Wildman–Crippen LogP) is 3.74. The summed E-state index contributed by atoms with van der Waals surface area (Å²) in [6.45, 7) is 0.793. The fourth-order valence-corrected chi connectivity index (χ4v) is 2.57. The Balaban J connectivity index is 1.54. The summed E-state index contributed by atoms with van der Waals surface area (Å²) >= 11 is 11.2. The van der Waals surface area contributed by atoms with E-state index >= 15 is 0 Å². The molecule has 0 aliphatic carbocycles. The van der Waals surface area contributed by atoms with Gasteiger partial charge in [-0.2, -0.15) is 0 Å². The van der Waals surface area contributed by atoms with Gasteiger partial charge < -0.3 is 5.32 Å². The van der Waals surface area contributed by atoms with Crippen LogP contribution >= 0.6 is 23.8 Å². The molecule has 0 spiro atoms. The Morgan fingerprint density at radius 2 is 1.85 bits per heavy atom. The fourth-order valence-electron chi connectivity index (χ4n) is 2.18. The Kier molecular flexibility index (Phi) is 5.75. The van der Waals surface area contributed by atoms with Gasteiger partial charge in [-0.05, 0) is 47.6 Å². The molecule has 2 N–H and O–H groups in total. The monoisotopic (exact) mass is 393 g/mol. The standard InChI is InChI=1S/C17H14ClF2N5S/c18-15-7-14(20)6-3-12(15)9-25-10-22-16(24-25)23-17(26)21-8-11-1-4-13(19)5-2-11/h1-7,10H,8-9H2,(H2,21,23,24,26). The maximum atomic E-state index is 13.1. The van der Waals surface area contributed by atoms with Gasteiger partial charge in [-0.3, -0.25) is 5.32 Å². The van der Waals surface area contributed by atoms with E-state index in [9.17, 15) is 8.78 Å². The van der Waals surface area contributed by atoms with E-state index in [1.54, 1.807) is 22.9 Å². The summed E-state index contributed by atoms with van der Waals surface area (Å²) in [5.41, 5.74) is 1.61. The molecule has 2 aromatic carbocycles. The SMILES string of the molecule is Fc1ccc(CNC(=S)Nc2ncn(Cc3ccc(F)cc3Cl)n2)cc1. The Morgan fingerprint density at radius 3 is 2.58 bits per heavy atom. The quantitative estimate of drug-likeness (QED) is 0.647. The molecule has 3 rings (SSSR count). The van der Waals surface area contributed by atoms with Crippen LogP contribution in [0.2, 0.25) is 5.02 Å². The minimum atomic E-state index is -0.391. The molecule has 0 saturated heterocycles. The maximum absolute atomic E-state index is 13.1. The van der Waals surface area contributed by atoms with Gasteiger partial charge >= 0.3 is 0 Å². The number of hydrogen-bond donors (Lipinski definition) is 2. The van der Waals surface area contributed by atoms with Crippen LogP contribution in [0.15, 0.2) is 48.8 Å². The third-order valence-corrected chi connectivity index (χ3v) is 4.07. The van der Waals surface area contributed by atoms with E-state index in [0.29, 0.717) is 29.2 Å². The zero-order valence-corrected chi connectivity index (χ0v) is 15.0. The second-order valence-electron chi connectivity index (χ2n) is 5.44. The van der Waals surface area contributed by atoms with Crippen molar-refractivity contribution in [3.05, 3.63) is 76.6 Å². The van der Waals surface area contributed by atoms with Crippen molar-refractivity contribution in [2.75, 3.05) is 5.32 Å². The lowest BCUT2D eigenvalue weighted by atomic mass is 10.2. The van der Waals surface area contributed by atoms with Crippen LogP contribution in [0.25, 0.3) is 0 Å². The molecule has 26 heavy (non-hydrogen) atoms. The van der Waals surface area contributed by atoms with E-state index in [4.69, 9.17) is 23.8 Å². The molecule has 9 heteroatoms. The third-order valence-electron chi connectivity index (χ3n) is 3.48. The number of nitrogens with one attached hydrogen (secondary N) is 2. The molecule has 3 aromatic rings. The average molecular weight is 394 g/mol. The maximum Gasteiger partial charge on any atom is 0.248 e. The molecule has 134 valence electrons. The lowest BCUT2D eigenvalue weighted by Crippen LogP contribution is -2.28. The van der Waals surface area contributed by atoms with Crippen molar-refractivity contribution in [3.63, 3.8) is 0 Å². The molecule has 0 radical (unpaired) electrons. The molecule has 0 fully saturated rings. The van der Waals surface area contributed by atoms with Gasteiger partial charge in [0.2, 0.25) is 5.95 Å². The Morgan fingerprint density at radius 1 is 1.12 bits per heavy atom. The molecular formula is C17H14ClF2N5S. The minimum Gasteiger partial charge on any atom is -0.358 e. The summed E-state index contributed by atoms with van der Waals surface area (Å²) in [6, 6.07) is 10.3. The van der Waals surface area contributed by atoms with E-state index < -0.39 is 5.82 Å². The number of anilines is 1. The van der Waals surface area contributed by atoms with Gasteiger partial charge in [-0.15, -0.1) is 5.10 Å². The number of benzene rings is 2. The molecule has 1 aromatic heterocycles. The van der Waals surface area contributed by atoms with E-state index in [0.717, 1.165) is 11.1 Å². The molecule has 0 amide bonds. The van der Waals surface area contributed by atoms with E-state index in [-0.39, 0.29) is 5.82 Å². The lowest BCUT2D eigenvalue weighted by molar-refractivity contribution is 0.624. The van der Waals surface area contributed by atoms with Crippen LogP contribution in [0.1, 0.15) is 11.1 Å². The Bertz CT molecular complexity index is 914. The molecule has 1 heterocycles. The molecule has 0 saturated carbocycles. The second-order valence-corrected chi connectivity index (χ2v) is 6.25. The van der Waals surface area contributed by atoms with Gasteiger partial charge in [0.1, 0.15) is 18.0 Å². The molecule has 0 atom stereocenters. The van der Waals surface area contributed by atoms with Gasteiger partial charge in [-0.1, -0.05) is 29.8 Å². The van der Waals surface area contributed by atoms with E-state index in [2.05, 4.69) is 20.7 Å². The molecular weight excluding hydrogens is 380 g/mol. The normalized spacial score (nSPS) is 10.6. The van der Waals surface area contributed by atoms with Crippen LogP contribution < -0.4 is 10.6 Å². The first-order chi connectivity index (χ1) is 12.5. The van der Waals surface area contributed by atoms with Crippen molar-refractivity contribution in [1.29, 1.82) is 0 Å². The molecule has 0 aliphatic heterocycles. The highest BCUT2D eigenvalue weighted by Gasteiger charge is 2.07. The number of rotatable bonds is 5. The fraction of sp³-hybridized carbons (Fsp3) is 0.118. The summed E-state index contributed by atoms with van der Waals surface area (Å²) in [4.78, 5) is 4.11. The van der Waals surface area contributed by atoms with Crippen LogP contribution in [0, 0.1) is 11.6 Å². The van der Waals surface area contributed by atoms with Gasteiger partial charge in [-0.25, -0.2) is 18.4 Å². The summed E-state index contributed by atoms with van der Waals surface area (Å²) in [5.74, 6) is -0.359. The van der Waals surface area contributed by atoms with Crippen LogP contribution in [0.4, 0.5) is 14.7 Å². The van der Waals surface area contributed by atoms with Gasteiger partial charge in [0, 0.05) is 11.6 Å². The first kappa shape index (κ1) is 18.2. The molecule has 0 bridgehead atoms. The number of hydrogen-bond acceptors (Lipinski definition) is 3. The number of nitrogens with zero attached hydrogens (tertiary/aromatic N) is 3. The third kappa shape index (κ3) is 4.96. The van der Waals surface area contributed by atoms with E-state index in [1.807, 2.05) is 0 Å². The number of thiocarbonyl (C=S) groups is 1. The zero-order valence-electron chi connectivity index (χ0n) is 13.4. The second kappa shape index (κ2) is 8.20. The summed E-state index contributed by atoms with van der Waals surface area (Å²) in [6.07, 6.45) is 1.52. The van der Waals surface area contributed by atoms with Crippen molar-refractivity contribution in [2.45, 2.75) is 13.1 Å². The molecule has 0 aliphatic rings. The van der Waals surface area contributed by atoms with Gasteiger partial charge in [0.05, 0.1) is 6.54 Å². The van der Waals surface area contributed by atoms with Gasteiger partial charge in [0.15, 0.2) is 5.11 Å². The predicted molar refractivity (Wildman–Crippen MR) is 100.0 cm³/mol. The Hall–Kier alpha value is -2.58. The van der Waals surface area contributed by atoms with Crippen LogP contribution in [-0.4, -0.2) is 19.9 Å². The van der Waals surface area contributed by atoms with Crippen molar-refractivity contribution in [2.24, 2.45) is 0 Å². The number of aromatic nitrogens is 3. The first-order valence-electron chi connectivity index (χ1n) is 7.62. The van der Waals surface area contributed by atoms with Crippen LogP contribution in [0.5, 0.6) is 0 Å². The number of halogens is 3. The highest BCUT2D eigenvalue weighted by atomic mass is 35.5. The Labute approximate surface area is 159 Å². The van der Waals surface area contributed by atoms with Crippen LogP contribution in [0.3, 0.4) is 0 Å². The summed E-state index contributed by atoms with van der Waals surface area (Å²) in [7, 11) is 0. The zero-order chi connectivity index (χ0) is 18.5. The van der Waals surface area contributed by atoms with Crippen molar-refractivity contribution in [1.82, 2.24) is 20.1 Å². The smallest absolute Gasteiger partial charge is 0.248 e. The highest BCUT2D eigenvalue weighted by Crippen LogP contribution is 2.18. The molecule has 0 unspecified atom stereocenters. The van der Waals surface area contributed by atoms with Gasteiger partial charge in [0.25, 0.3) is 0 Å². The first-order valence-corrected chi connectivity index (χ1v) is 8.41. The average Bonchev–Trinajstić information content (AvgIpc) is 3.04. The molecule has 5 nitrogen and oxygen atoms in total. The summed E-state index contributed by atoms with van der Waals surface area (Å²) < 4.78 is 27.5. The van der Waals surface area contributed by atoms with Crippen molar-refractivity contribution >= 4 is 34.9 Å². The largest absolute Gasteiger partial charge is 0.358 e. The van der Waals surface area contributed by atoms with E-state index in [1.165, 1.54) is 30.6 Å². The minimum absolute atomic E-state index is 0.287. The highest BCUT2D eigenvalue weighted by molar-refractivity contribution is 7.80. The topological polar surface area (TPSA) is 54.8 Å². The summed E-state index contributed by atoms with van der Waals surface area (Å²) in [5, 5.41) is 10.8. The van der Waals surface area contributed by atoms with Crippen molar-refractivity contribution in [3.8, 4) is 0 Å². The van der Waals surface area contributed by atoms with Crippen molar-refractivity contribution < 1.29 is 8.78 Å². The lowest BCUT2D eigenvalue weighted by Gasteiger charge is -2.08. The van der Waals surface area contributed by atoms with Crippen LogP contribution in [-0.2, 0) is 13.1 Å².